The fourth-order valence-corrected chi connectivity index (χ4v) is 3.09. The number of halogens is 1. The Morgan fingerprint density at radius 3 is 2.57 bits per heavy atom. The quantitative estimate of drug-likeness (QED) is 0.736. The van der Waals surface area contributed by atoms with Gasteiger partial charge in [0.25, 0.3) is 0 Å². The van der Waals surface area contributed by atoms with E-state index >= 15 is 0 Å². The van der Waals surface area contributed by atoms with Crippen molar-refractivity contribution in [3.05, 3.63) is 46.4 Å². The Labute approximate surface area is 131 Å². The molecular weight excluding hydrogens is 328 g/mol. The first kappa shape index (κ1) is 12.9. The molecule has 4 heteroatoms. The van der Waals surface area contributed by atoms with Gasteiger partial charge in [0.05, 0.1) is 7.11 Å². The summed E-state index contributed by atoms with van der Waals surface area (Å²) >= 11 is 3.55. The highest BCUT2D eigenvalue weighted by atomic mass is 79.9. The van der Waals surface area contributed by atoms with Gasteiger partial charge in [0.1, 0.15) is 22.6 Å². The fraction of sp³-hybridized carbons (Fsp3) is 0.235. The van der Waals surface area contributed by atoms with Gasteiger partial charge in [-0.1, -0.05) is 24.3 Å². The average molecular weight is 343 g/mol. The number of H-pyrrole nitrogens is 1. The smallest absolute Gasteiger partial charge is 0.144 e. The molecule has 106 valence electrons. The van der Waals surface area contributed by atoms with Crippen LogP contribution in [0.15, 0.2) is 40.9 Å². The summed E-state index contributed by atoms with van der Waals surface area (Å²) in [4.78, 5) is 8.07. The lowest BCUT2D eigenvalue weighted by atomic mass is 10.1. The van der Waals surface area contributed by atoms with E-state index in [1.165, 1.54) is 18.4 Å². The number of aromatic nitrogens is 2. The van der Waals surface area contributed by atoms with Crippen molar-refractivity contribution in [2.75, 3.05) is 7.11 Å². The molecule has 1 aliphatic carbocycles. The van der Waals surface area contributed by atoms with E-state index in [2.05, 4.69) is 45.2 Å². The van der Waals surface area contributed by atoms with Gasteiger partial charge in [-0.15, -0.1) is 0 Å². The van der Waals surface area contributed by atoms with Crippen molar-refractivity contribution in [2.45, 2.75) is 18.8 Å². The summed E-state index contributed by atoms with van der Waals surface area (Å²) in [7, 11) is 1.67. The molecule has 21 heavy (non-hydrogen) atoms. The molecule has 1 aliphatic rings. The number of hydrogen-bond acceptors (Lipinski definition) is 2. The Bertz CT molecular complexity index is 804. The molecule has 0 aliphatic heterocycles. The highest BCUT2D eigenvalue weighted by Crippen LogP contribution is 2.40. The van der Waals surface area contributed by atoms with Crippen LogP contribution >= 0.6 is 15.9 Å². The third kappa shape index (κ3) is 2.23. The zero-order valence-electron chi connectivity index (χ0n) is 11.7. The topological polar surface area (TPSA) is 37.9 Å². The van der Waals surface area contributed by atoms with Gasteiger partial charge in [-0.2, -0.15) is 0 Å². The molecule has 1 fully saturated rings. The van der Waals surface area contributed by atoms with E-state index in [0.29, 0.717) is 0 Å². The van der Waals surface area contributed by atoms with Gasteiger partial charge in [0, 0.05) is 10.0 Å². The van der Waals surface area contributed by atoms with E-state index < -0.39 is 0 Å². The Hall–Kier alpha value is -1.81. The Morgan fingerprint density at radius 2 is 1.90 bits per heavy atom. The van der Waals surface area contributed by atoms with Crippen LogP contribution in [0.5, 0.6) is 5.75 Å². The molecule has 0 amide bonds. The zero-order chi connectivity index (χ0) is 14.4. The van der Waals surface area contributed by atoms with Gasteiger partial charge >= 0.3 is 0 Å². The molecule has 4 rings (SSSR count). The summed E-state index contributed by atoms with van der Waals surface area (Å²) in [6.07, 6.45) is 2.66. The molecular formula is C17H15BrN2O. The highest BCUT2D eigenvalue weighted by Gasteiger charge is 2.23. The first-order valence-corrected chi connectivity index (χ1v) is 7.88. The summed E-state index contributed by atoms with van der Waals surface area (Å²) in [5.74, 6) is 2.46. The maximum Gasteiger partial charge on any atom is 0.144 e. The van der Waals surface area contributed by atoms with Gasteiger partial charge in [-0.3, -0.25) is 0 Å². The van der Waals surface area contributed by atoms with Gasteiger partial charge in [-0.05, 0) is 52.4 Å². The van der Waals surface area contributed by atoms with Gasteiger partial charge in [-0.25, -0.2) is 4.98 Å². The number of methoxy groups -OCH3 is 1. The van der Waals surface area contributed by atoms with E-state index in [9.17, 15) is 0 Å². The second-order valence-electron chi connectivity index (χ2n) is 5.45. The lowest BCUT2D eigenvalue weighted by molar-refractivity contribution is 0.419. The van der Waals surface area contributed by atoms with Crippen LogP contribution in [-0.2, 0) is 0 Å². The predicted octanol–water partition coefficient (Wildman–Crippen LogP) is 4.88. The number of nitrogens with one attached hydrogen (secondary N) is 1. The van der Waals surface area contributed by atoms with Crippen LogP contribution in [-0.4, -0.2) is 17.1 Å². The predicted molar refractivity (Wildman–Crippen MR) is 87.8 cm³/mol. The molecule has 1 aromatic heterocycles. The van der Waals surface area contributed by atoms with E-state index in [-0.39, 0.29) is 0 Å². The summed E-state index contributed by atoms with van der Waals surface area (Å²) in [5, 5.41) is 0. The number of ether oxygens (including phenoxy) is 1. The fourth-order valence-electron chi connectivity index (χ4n) is 2.67. The Balaban J connectivity index is 1.80. The molecule has 0 spiro atoms. The van der Waals surface area contributed by atoms with Crippen LogP contribution < -0.4 is 4.74 Å². The number of benzene rings is 2. The maximum absolute atomic E-state index is 5.40. The Kier molecular flexibility index (Phi) is 3.00. The SMILES string of the molecule is COc1ccc(Br)c2nc(-c3ccc(C4CC4)cc3)[nH]c12. The summed E-state index contributed by atoms with van der Waals surface area (Å²) in [5.41, 5.74) is 4.36. The standard InChI is InChI=1S/C17H15BrN2O/c1-21-14-9-8-13(18)15-16(14)20-17(19-15)12-6-4-11(5-7-12)10-2-3-10/h4-10H,2-3H2,1H3,(H,19,20). The molecule has 3 aromatic rings. The number of aromatic amines is 1. The first-order valence-electron chi connectivity index (χ1n) is 7.09. The first-order chi connectivity index (χ1) is 10.3. The number of imidazole rings is 1. The van der Waals surface area contributed by atoms with Gasteiger partial charge < -0.3 is 9.72 Å². The van der Waals surface area contributed by atoms with Crippen LogP contribution in [0.25, 0.3) is 22.4 Å². The maximum atomic E-state index is 5.40. The van der Waals surface area contributed by atoms with Crippen molar-refractivity contribution in [1.82, 2.24) is 9.97 Å². The normalized spacial score (nSPS) is 14.6. The molecule has 0 atom stereocenters. The molecule has 1 N–H and O–H groups in total. The monoisotopic (exact) mass is 342 g/mol. The largest absolute Gasteiger partial charge is 0.494 e. The second-order valence-corrected chi connectivity index (χ2v) is 6.31. The number of fused-ring (bicyclic) bond motifs is 1. The molecule has 2 aromatic carbocycles. The minimum Gasteiger partial charge on any atom is -0.494 e. The summed E-state index contributed by atoms with van der Waals surface area (Å²) in [6.45, 7) is 0. The minimum atomic E-state index is 0.781. The van der Waals surface area contributed by atoms with E-state index in [1.807, 2.05) is 12.1 Å². The van der Waals surface area contributed by atoms with Crippen LogP contribution in [0.1, 0.15) is 24.3 Å². The van der Waals surface area contributed by atoms with E-state index in [0.717, 1.165) is 38.6 Å². The van der Waals surface area contributed by atoms with E-state index in [1.54, 1.807) is 7.11 Å². The van der Waals surface area contributed by atoms with Crippen molar-refractivity contribution in [3.8, 4) is 17.1 Å². The van der Waals surface area contributed by atoms with Crippen molar-refractivity contribution >= 4 is 27.0 Å². The average Bonchev–Trinajstić information content (AvgIpc) is 3.27. The van der Waals surface area contributed by atoms with Crippen LogP contribution in [0.4, 0.5) is 0 Å². The van der Waals surface area contributed by atoms with Gasteiger partial charge in [0.2, 0.25) is 0 Å². The van der Waals surface area contributed by atoms with Crippen molar-refractivity contribution < 1.29 is 4.74 Å². The van der Waals surface area contributed by atoms with Crippen molar-refractivity contribution in [3.63, 3.8) is 0 Å². The van der Waals surface area contributed by atoms with Crippen LogP contribution in [0.2, 0.25) is 0 Å². The molecule has 0 radical (unpaired) electrons. The van der Waals surface area contributed by atoms with Gasteiger partial charge in [0.15, 0.2) is 0 Å². The Morgan fingerprint density at radius 1 is 1.14 bits per heavy atom. The molecule has 0 saturated heterocycles. The summed E-state index contributed by atoms with van der Waals surface area (Å²) in [6, 6.07) is 12.6. The number of nitrogens with zero attached hydrogens (tertiary/aromatic N) is 1. The molecule has 0 bridgehead atoms. The number of rotatable bonds is 3. The number of hydrogen-bond donors (Lipinski definition) is 1. The minimum absolute atomic E-state index is 0.781. The van der Waals surface area contributed by atoms with Crippen molar-refractivity contribution in [1.29, 1.82) is 0 Å². The lowest BCUT2D eigenvalue weighted by Gasteiger charge is -2.01. The highest BCUT2D eigenvalue weighted by molar-refractivity contribution is 9.10. The lowest BCUT2D eigenvalue weighted by Crippen LogP contribution is -1.84. The zero-order valence-corrected chi connectivity index (χ0v) is 13.3. The van der Waals surface area contributed by atoms with E-state index in [4.69, 9.17) is 9.72 Å². The molecule has 1 saturated carbocycles. The second kappa shape index (κ2) is 4.88. The third-order valence-electron chi connectivity index (χ3n) is 4.01. The van der Waals surface area contributed by atoms with Crippen LogP contribution in [0.3, 0.4) is 0 Å². The molecule has 1 heterocycles. The van der Waals surface area contributed by atoms with Crippen molar-refractivity contribution in [2.24, 2.45) is 0 Å². The van der Waals surface area contributed by atoms with Crippen LogP contribution in [0, 0.1) is 0 Å². The third-order valence-corrected chi connectivity index (χ3v) is 4.65. The summed E-state index contributed by atoms with van der Waals surface area (Å²) < 4.78 is 6.37. The molecule has 0 unspecified atom stereocenters. The molecule has 3 nitrogen and oxygen atoms in total.